The van der Waals surface area contributed by atoms with Crippen LogP contribution in [0.1, 0.15) is 16.7 Å². The number of hydrogen-bond donors (Lipinski definition) is 4. The molecular formula is C21H13F9N2O2. The van der Waals surface area contributed by atoms with Crippen LogP contribution in [0.3, 0.4) is 0 Å². The number of nitrogens with two attached hydrogens (primary N) is 2. The quantitative estimate of drug-likeness (QED) is 0.182. The van der Waals surface area contributed by atoms with Gasteiger partial charge in [-0.05, 0) is 53.6 Å². The molecule has 0 aliphatic rings. The van der Waals surface area contributed by atoms with E-state index in [0.717, 1.165) is 18.2 Å². The van der Waals surface area contributed by atoms with E-state index in [1.165, 1.54) is 0 Å². The largest absolute Gasteiger partial charge is 0.507 e. The van der Waals surface area contributed by atoms with Crippen molar-refractivity contribution in [2.24, 2.45) is 0 Å². The first-order valence-electron chi connectivity index (χ1n) is 9.02. The number of nitrogen functional groups attached to an aromatic ring is 2. The number of alkyl halides is 9. The van der Waals surface area contributed by atoms with Crippen LogP contribution in [0.15, 0.2) is 42.5 Å². The highest BCUT2D eigenvalue weighted by Crippen LogP contribution is 2.47. The van der Waals surface area contributed by atoms with Crippen molar-refractivity contribution in [1.82, 2.24) is 0 Å². The summed E-state index contributed by atoms with van der Waals surface area (Å²) < 4.78 is 120. The standard InChI is InChI=1S/C21H13F9N2O2/c22-19(23,24)10-2-8(13-4-11(31)6-15(17(13)33)20(25,26)27)1-9(3-10)14-5-12(32)7-16(18(14)34)21(28,29)30/h1-7,33-34H,31-32H2. The van der Waals surface area contributed by atoms with E-state index in [-0.39, 0.29) is 0 Å². The van der Waals surface area contributed by atoms with Gasteiger partial charge in [-0.15, -0.1) is 0 Å². The maximum Gasteiger partial charge on any atom is 0.420 e. The lowest BCUT2D eigenvalue weighted by molar-refractivity contribution is -0.139. The van der Waals surface area contributed by atoms with Crippen LogP contribution in [0.4, 0.5) is 50.9 Å². The number of benzene rings is 3. The lowest BCUT2D eigenvalue weighted by atomic mass is 9.92. The average molecular weight is 496 g/mol. The molecule has 0 saturated heterocycles. The summed E-state index contributed by atoms with van der Waals surface area (Å²) in [6.07, 6.45) is -15.3. The van der Waals surface area contributed by atoms with Gasteiger partial charge in [0, 0.05) is 22.5 Å². The summed E-state index contributed by atoms with van der Waals surface area (Å²) in [6.45, 7) is 0. The normalized spacial score (nSPS) is 12.7. The molecule has 0 aliphatic heterocycles. The molecule has 13 heteroatoms. The van der Waals surface area contributed by atoms with E-state index in [0.29, 0.717) is 24.3 Å². The Balaban J connectivity index is 2.39. The summed E-state index contributed by atoms with van der Waals surface area (Å²) in [4.78, 5) is 0. The van der Waals surface area contributed by atoms with Gasteiger partial charge in [0.15, 0.2) is 0 Å². The molecule has 0 fully saturated rings. The Bertz CT molecular complexity index is 1180. The second-order valence-corrected chi connectivity index (χ2v) is 7.22. The van der Waals surface area contributed by atoms with Gasteiger partial charge < -0.3 is 21.7 Å². The molecule has 0 bridgehead atoms. The maximum atomic E-state index is 13.5. The van der Waals surface area contributed by atoms with Crippen molar-refractivity contribution in [2.45, 2.75) is 18.5 Å². The predicted molar refractivity (Wildman–Crippen MR) is 104 cm³/mol. The molecule has 3 rings (SSSR count). The van der Waals surface area contributed by atoms with E-state index >= 15 is 0 Å². The van der Waals surface area contributed by atoms with Gasteiger partial charge in [-0.2, -0.15) is 39.5 Å². The molecule has 0 heterocycles. The summed E-state index contributed by atoms with van der Waals surface area (Å²) in [5, 5.41) is 20.3. The molecule has 0 atom stereocenters. The zero-order chi connectivity index (χ0) is 25.8. The van der Waals surface area contributed by atoms with Gasteiger partial charge in [0.1, 0.15) is 11.5 Å². The molecule has 4 nitrogen and oxygen atoms in total. The highest BCUT2D eigenvalue weighted by molar-refractivity contribution is 5.83. The van der Waals surface area contributed by atoms with Crippen LogP contribution in [-0.2, 0) is 18.5 Å². The van der Waals surface area contributed by atoms with Crippen LogP contribution in [0.25, 0.3) is 22.3 Å². The van der Waals surface area contributed by atoms with Crippen molar-refractivity contribution in [3.8, 4) is 33.8 Å². The summed E-state index contributed by atoms with van der Waals surface area (Å²) in [7, 11) is 0. The maximum absolute atomic E-state index is 13.5. The van der Waals surface area contributed by atoms with Crippen molar-refractivity contribution in [3.63, 3.8) is 0 Å². The first kappa shape index (κ1) is 24.9. The molecular weight excluding hydrogens is 483 g/mol. The Morgan fingerprint density at radius 2 is 0.853 bits per heavy atom. The van der Waals surface area contributed by atoms with Crippen LogP contribution < -0.4 is 11.5 Å². The van der Waals surface area contributed by atoms with Gasteiger partial charge >= 0.3 is 18.5 Å². The van der Waals surface area contributed by atoms with Crippen LogP contribution in [0.5, 0.6) is 11.5 Å². The number of aromatic hydroxyl groups is 2. The second-order valence-electron chi connectivity index (χ2n) is 7.22. The molecule has 0 spiro atoms. The molecule has 3 aromatic rings. The summed E-state index contributed by atoms with van der Waals surface area (Å²) in [5.41, 5.74) is 2.18. The van der Waals surface area contributed by atoms with E-state index in [1.807, 2.05) is 0 Å². The van der Waals surface area contributed by atoms with E-state index < -0.39 is 80.3 Å². The molecule has 34 heavy (non-hydrogen) atoms. The first-order chi connectivity index (χ1) is 15.4. The van der Waals surface area contributed by atoms with E-state index in [9.17, 15) is 49.7 Å². The minimum absolute atomic E-state index is 0.368. The Labute approximate surface area is 184 Å². The lowest BCUT2D eigenvalue weighted by Gasteiger charge is -2.18. The minimum Gasteiger partial charge on any atom is -0.507 e. The first-order valence-corrected chi connectivity index (χ1v) is 9.02. The second kappa shape index (κ2) is 7.92. The van der Waals surface area contributed by atoms with Crippen molar-refractivity contribution in [1.29, 1.82) is 0 Å². The molecule has 0 unspecified atom stereocenters. The zero-order valence-corrected chi connectivity index (χ0v) is 16.5. The third-order valence-electron chi connectivity index (χ3n) is 4.76. The van der Waals surface area contributed by atoms with Crippen molar-refractivity contribution >= 4 is 11.4 Å². The third-order valence-corrected chi connectivity index (χ3v) is 4.76. The van der Waals surface area contributed by atoms with Gasteiger partial charge in [-0.1, -0.05) is 0 Å². The van der Waals surface area contributed by atoms with E-state index in [1.54, 1.807) is 0 Å². The number of anilines is 2. The minimum atomic E-state index is -5.12. The molecule has 0 aromatic heterocycles. The van der Waals surface area contributed by atoms with Crippen molar-refractivity contribution in [3.05, 3.63) is 59.2 Å². The summed E-state index contributed by atoms with van der Waals surface area (Å²) >= 11 is 0. The average Bonchev–Trinajstić information content (AvgIpc) is 2.68. The number of rotatable bonds is 2. The fraction of sp³-hybridized carbons (Fsp3) is 0.143. The molecule has 0 saturated carbocycles. The summed E-state index contributed by atoms with van der Waals surface area (Å²) in [6, 6.07) is 3.80. The number of phenolic OH excluding ortho intramolecular Hbond substituents is 2. The van der Waals surface area contributed by atoms with Crippen LogP contribution in [0, 0.1) is 0 Å². The van der Waals surface area contributed by atoms with Gasteiger partial charge in [0.2, 0.25) is 0 Å². The van der Waals surface area contributed by atoms with Crippen LogP contribution in [-0.4, -0.2) is 10.2 Å². The highest BCUT2D eigenvalue weighted by atomic mass is 19.4. The van der Waals surface area contributed by atoms with E-state index in [4.69, 9.17) is 11.5 Å². The van der Waals surface area contributed by atoms with Crippen molar-refractivity contribution in [2.75, 3.05) is 11.5 Å². The fourth-order valence-corrected chi connectivity index (χ4v) is 3.29. The van der Waals surface area contributed by atoms with Crippen LogP contribution in [0.2, 0.25) is 0 Å². The molecule has 3 aromatic carbocycles. The SMILES string of the molecule is Nc1cc(-c2cc(-c3cc(N)cc(C(F)(F)F)c3O)cc(C(F)(F)F)c2)c(O)c(C(F)(F)F)c1. The molecule has 0 amide bonds. The van der Waals surface area contributed by atoms with Gasteiger partial charge in [0.25, 0.3) is 0 Å². The highest BCUT2D eigenvalue weighted by Gasteiger charge is 2.38. The van der Waals surface area contributed by atoms with E-state index in [2.05, 4.69) is 0 Å². The Kier molecular flexibility index (Phi) is 5.79. The lowest BCUT2D eigenvalue weighted by Crippen LogP contribution is -2.09. The van der Waals surface area contributed by atoms with Gasteiger partial charge in [0.05, 0.1) is 16.7 Å². The molecule has 0 aliphatic carbocycles. The molecule has 6 N–H and O–H groups in total. The van der Waals surface area contributed by atoms with Gasteiger partial charge in [-0.25, -0.2) is 0 Å². The topological polar surface area (TPSA) is 92.5 Å². The van der Waals surface area contributed by atoms with Crippen LogP contribution >= 0.6 is 0 Å². The Hall–Kier alpha value is -3.77. The number of halogens is 9. The summed E-state index contributed by atoms with van der Waals surface area (Å²) in [5.74, 6) is -2.89. The molecule has 0 radical (unpaired) electrons. The number of hydrogen-bond acceptors (Lipinski definition) is 4. The smallest absolute Gasteiger partial charge is 0.420 e. The number of phenols is 2. The predicted octanol–water partition coefficient (Wildman–Crippen LogP) is 6.65. The Morgan fingerprint density at radius 3 is 1.15 bits per heavy atom. The third kappa shape index (κ3) is 4.77. The fourth-order valence-electron chi connectivity index (χ4n) is 3.29. The van der Waals surface area contributed by atoms with Gasteiger partial charge in [-0.3, -0.25) is 0 Å². The monoisotopic (exact) mass is 496 g/mol. The Morgan fingerprint density at radius 1 is 0.500 bits per heavy atom. The van der Waals surface area contributed by atoms with Crippen molar-refractivity contribution < 1.29 is 49.7 Å². The molecule has 182 valence electrons. The zero-order valence-electron chi connectivity index (χ0n) is 16.5.